The minimum Gasteiger partial charge on any atom is -0.496 e. The average Bonchev–Trinajstić information content (AvgIpc) is 2.66. The first kappa shape index (κ1) is 19.4. The Morgan fingerprint density at radius 1 is 1.00 bits per heavy atom. The highest BCUT2D eigenvalue weighted by Crippen LogP contribution is 2.41. The Morgan fingerprint density at radius 2 is 1.69 bits per heavy atom. The maximum atomic E-state index is 5.61. The van der Waals surface area contributed by atoms with Gasteiger partial charge in [0.25, 0.3) is 0 Å². The highest BCUT2D eigenvalue weighted by molar-refractivity contribution is 7.47. The molecule has 3 rings (SSSR count). The molecule has 1 saturated carbocycles. The van der Waals surface area contributed by atoms with Crippen LogP contribution in [0.1, 0.15) is 40.0 Å². The maximum Gasteiger partial charge on any atom is 0.126 e. The number of rotatable bonds is 6. The molecule has 0 aromatic heterocycles. The predicted octanol–water partition coefficient (Wildman–Crippen LogP) is 6.37. The van der Waals surface area contributed by atoms with Crippen molar-refractivity contribution < 1.29 is 4.74 Å². The van der Waals surface area contributed by atoms with Crippen LogP contribution in [-0.4, -0.2) is 13.3 Å². The zero-order valence-electron chi connectivity index (χ0n) is 16.7. The van der Waals surface area contributed by atoms with E-state index >= 15 is 0 Å². The van der Waals surface area contributed by atoms with Crippen LogP contribution in [0.3, 0.4) is 0 Å². The molecule has 1 fully saturated rings. The van der Waals surface area contributed by atoms with Gasteiger partial charge in [-0.3, -0.25) is 0 Å². The highest BCUT2D eigenvalue weighted by atomic mass is 31.1. The lowest BCUT2D eigenvalue weighted by molar-refractivity contribution is 0.161. The molecule has 1 nitrogen and oxygen atoms in total. The number of hydrogen-bond acceptors (Lipinski definition) is 1. The monoisotopic (exact) mass is 368 g/mol. The van der Waals surface area contributed by atoms with E-state index in [4.69, 9.17) is 4.74 Å². The van der Waals surface area contributed by atoms with Gasteiger partial charge in [-0.1, -0.05) is 78.2 Å². The predicted molar refractivity (Wildman–Crippen MR) is 116 cm³/mol. The summed E-state index contributed by atoms with van der Waals surface area (Å²) >= 11 is 0. The average molecular weight is 369 g/mol. The molecule has 2 aromatic rings. The zero-order valence-corrected chi connectivity index (χ0v) is 17.7. The van der Waals surface area contributed by atoms with Crippen molar-refractivity contribution in [3.63, 3.8) is 0 Å². The Balaban J connectivity index is 1.80. The van der Waals surface area contributed by atoms with E-state index in [1.807, 2.05) is 6.07 Å². The summed E-state index contributed by atoms with van der Waals surface area (Å²) in [6, 6.07) is 17.3. The molecular weight excluding hydrogens is 335 g/mol. The second-order valence-electron chi connectivity index (χ2n) is 8.21. The van der Waals surface area contributed by atoms with Crippen LogP contribution in [0.15, 0.2) is 48.5 Å². The Morgan fingerprint density at radius 3 is 2.42 bits per heavy atom. The Kier molecular flexibility index (Phi) is 6.76. The third-order valence-corrected chi connectivity index (χ3v) is 7.58. The van der Waals surface area contributed by atoms with Gasteiger partial charge in [0.1, 0.15) is 5.75 Å². The van der Waals surface area contributed by atoms with Crippen LogP contribution in [0.5, 0.6) is 5.75 Å². The van der Waals surface area contributed by atoms with Crippen molar-refractivity contribution in [2.45, 2.75) is 40.0 Å². The number of benzene rings is 2. The lowest BCUT2D eigenvalue weighted by atomic mass is 9.71. The van der Waals surface area contributed by atoms with Gasteiger partial charge in [0.2, 0.25) is 0 Å². The van der Waals surface area contributed by atoms with Crippen LogP contribution in [-0.2, 0) is 0 Å². The van der Waals surface area contributed by atoms with Gasteiger partial charge < -0.3 is 4.74 Å². The number of ether oxygens (including phenoxy) is 1. The quantitative estimate of drug-likeness (QED) is 0.538. The summed E-state index contributed by atoms with van der Waals surface area (Å²) in [5.41, 5.74) is 2.56. The fraction of sp³-hybridized carbons (Fsp3) is 0.500. The molecule has 140 valence electrons. The number of hydrogen-bond donors (Lipinski definition) is 0. The minimum atomic E-state index is 0.807. The molecule has 1 aliphatic carbocycles. The van der Waals surface area contributed by atoms with Gasteiger partial charge in [-0.25, -0.2) is 0 Å². The lowest BCUT2D eigenvalue weighted by Crippen LogP contribution is -2.29. The van der Waals surface area contributed by atoms with Gasteiger partial charge in [0.05, 0.1) is 7.11 Å². The highest BCUT2D eigenvalue weighted by Gasteiger charge is 2.30. The van der Waals surface area contributed by atoms with Gasteiger partial charge in [0, 0.05) is 5.56 Å². The molecule has 26 heavy (non-hydrogen) atoms. The summed E-state index contributed by atoms with van der Waals surface area (Å²) in [6.45, 7) is 7.27. The van der Waals surface area contributed by atoms with Gasteiger partial charge >= 0.3 is 0 Å². The van der Waals surface area contributed by atoms with Crippen LogP contribution in [0, 0.1) is 23.7 Å². The zero-order chi connectivity index (χ0) is 18.5. The first-order chi connectivity index (χ1) is 12.6. The molecular formula is C24H33OP. The second kappa shape index (κ2) is 9.05. The SMILES string of the molecule is COc1ccccc1-c1ccccc1PCC1CC(C)CCC1C(C)C. The fourth-order valence-electron chi connectivity index (χ4n) is 4.61. The molecule has 0 bridgehead atoms. The van der Waals surface area contributed by atoms with Crippen molar-refractivity contribution in [3.8, 4) is 16.9 Å². The van der Waals surface area contributed by atoms with E-state index in [2.05, 4.69) is 63.2 Å². The van der Waals surface area contributed by atoms with E-state index in [1.165, 1.54) is 41.9 Å². The van der Waals surface area contributed by atoms with Crippen molar-refractivity contribution in [3.05, 3.63) is 48.5 Å². The van der Waals surface area contributed by atoms with Crippen molar-refractivity contribution in [2.75, 3.05) is 13.3 Å². The third kappa shape index (κ3) is 4.49. The van der Waals surface area contributed by atoms with Crippen molar-refractivity contribution in [2.24, 2.45) is 23.7 Å². The maximum absolute atomic E-state index is 5.61. The first-order valence-corrected chi connectivity index (χ1v) is 11.3. The largest absolute Gasteiger partial charge is 0.496 e. The number of methoxy groups -OCH3 is 1. The molecule has 0 spiro atoms. The lowest BCUT2D eigenvalue weighted by Gasteiger charge is -2.37. The topological polar surface area (TPSA) is 9.23 Å². The molecule has 0 N–H and O–H groups in total. The standard InChI is InChI=1S/C24H33OP/c1-17(2)20-14-13-18(3)15-19(20)16-26-24-12-8-6-10-22(24)21-9-5-7-11-23(21)25-4/h5-12,17-20,26H,13-16H2,1-4H3. The smallest absolute Gasteiger partial charge is 0.126 e. The van der Waals surface area contributed by atoms with E-state index in [-0.39, 0.29) is 0 Å². The van der Waals surface area contributed by atoms with Gasteiger partial charge in [-0.2, -0.15) is 0 Å². The molecule has 2 heteroatoms. The Hall–Kier alpha value is -1.33. The van der Waals surface area contributed by atoms with E-state index in [1.54, 1.807) is 7.11 Å². The fourth-order valence-corrected chi connectivity index (χ4v) is 6.19. The summed E-state index contributed by atoms with van der Waals surface area (Å²) in [5, 5.41) is 1.48. The summed E-state index contributed by atoms with van der Waals surface area (Å²) in [6.07, 6.45) is 5.58. The van der Waals surface area contributed by atoms with Crippen LogP contribution >= 0.6 is 8.58 Å². The van der Waals surface area contributed by atoms with Crippen molar-refractivity contribution >= 4 is 13.9 Å². The summed E-state index contributed by atoms with van der Waals surface area (Å²) in [5.74, 6) is 4.45. The minimum absolute atomic E-state index is 0.807. The molecule has 0 saturated heterocycles. The second-order valence-corrected chi connectivity index (χ2v) is 9.51. The molecule has 0 aliphatic heterocycles. The summed E-state index contributed by atoms with van der Waals surface area (Å²) in [4.78, 5) is 0. The third-order valence-electron chi connectivity index (χ3n) is 6.04. The molecule has 0 radical (unpaired) electrons. The van der Waals surface area contributed by atoms with Crippen LogP contribution < -0.4 is 10.0 Å². The van der Waals surface area contributed by atoms with Gasteiger partial charge in [-0.05, 0) is 59.6 Å². The molecule has 2 aromatic carbocycles. The molecule has 0 amide bonds. The molecule has 0 heterocycles. The number of para-hydroxylation sites is 1. The summed E-state index contributed by atoms with van der Waals surface area (Å²) in [7, 11) is 2.63. The van der Waals surface area contributed by atoms with Crippen LogP contribution in [0.4, 0.5) is 0 Å². The Bertz CT molecular complexity index is 709. The van der Waals surface area contributed by atoms with E-state index in [0.29, 0.717) is 0 Å². The molecule has 4 unspecified atom stereocenters. The van der Waals surface area contributed by atoms with Crippen LogP contribution in [0.25, 0.3) is 11.1 Å². The normalized spacial score (nSPS) is 23.7. The van der Waals surface area contributed by atoms with Gasteiger partial charge in [-0.15, -0.1) is 0 Å². The van der Waals surface area contributed by atoms with Crippen molar-refractivity contribution in [1.29, 1.82) is 0 Å². The van der Waals surface area contributed by atoms with Crippen LogP contribution in [0.2, 0.25) is 0 Å². The van der Waals surface area contributed by atoms with Gasteiger partial charge in [0.15, 0.2) is 0 Å². The molecule has 4 atom stereocenters. The van der Waals surface area contributed by atoms with E-state index in [0.717, 1.165) is 38.0 Å². The van der Waals surface area contributed by atoms with E-state index < -0.39 is 0 Å². The van der Waals surface area contributed by atoms with Crippen molar-refractivity contribution in [1.82, 2.24) is 0 Å². The first-order valence-electron chi connectivity index (χ1n) is 10.1. The summed E-state index contributed by atoms with van der Waals surface area (Å²) < 4.78 is 5.61. The Labute approximate surface area is 161 Å². The van der Waals surface area contributed by atoms with E-state index in [9.17, 15) is 0 Å². The molecule has 1 aliphatic rings.